The maximum Gasteiger partial charge on any atom is 0.257 e. The van der Waals surface area contributed by atoms with E-state index in [2.05, 4.69) is 40.4 Å². The number of nitrogens with one attached hydrogen (secondary N) is 2. The molecule has 26 heavy (non-hydrogen) atoms. The number of ether oxygens (including phenoxy) is 1. The molecule has 0 saturated heterocycles. The van der Waals surface area contributed by atoms with E-state index in [9.17, 15) is 9.18 Å². The van der Waals surface area contributed by atoms with Crippen molar-refractivity contribution in [2.24, 2.45) is 5.92 Å². The number of carbonyl (C=O) groups excluding carboxylic acids is 1. The number of hydrogen-bond donors (Lipinski definition) is 2. The lowest BCUT2D eigenvalue weighted by Crippen LogP contribution is -2.34. The van der Waals surface area contributed by atoms with Crippen LogP contribution in [-0.4, -0.2) is 17.6 Å². The minimum Gasteiger partial charge on any atom is -0.492 e. The van der Waals surface area contributed by atoms with Crippen LogP contribution in [0.1, 0.15) is 30.6 Å². The zero-order chi connectivity index (χ0) is 19.1. The quantitative estimate of drug-likeness (QED) is 0.612. The van der Waals surface area contributed by atoms with E-state index in [1.165, 1.54) is 12.1 Å². The largest absolute Gasteiger partial charge is 0.492 e. The lowest BCUT2D eigenvalue weighted by molar-refractivity contribution is 0.0977. The molecule has 138 valence electrons. The highest BCUT2D eigenvalue weighted by molar-refractivity contribution is 9.10. The number of rotatable bonds is 6. The first-order valence-electron chi connectivity index (χ1n) is 8.15. The fraction of sp³-hybridized carbons (Fsp3) is 0.263. The third-order valence-corrected chi connectivity index (χ3v) is 4.28. The molecular weight excluding hydrogens is 419 g/mol. The van der Waals surface area contributed by atoms with Crippen LogP contribution >= 0.6 is 28.1 Å². The van der Waals surface area contributed by atoms with Gasteiger partial charge in [0.2, 0.25) is 0 Å². The molecule has 0 aliphatic carbocycles. The first-order valence-corrected chi connectivity index (χ1v) is 9.35. The predicted molar refractivity (Wildman–Crippen MR) is 109 cm³/mol. The molecule has 0 bridgehead atoms. The summed E-state index contributed by atoms with van der Waals surface area (Å²) >= 11 is 8.51. The van der Waals surface area contributed by atoms with Gasteiger partial charge in [-0.1, -0.05) is 19.9 Å². The van der Waals surface area contributed by atoms with Crippen molar-refractivity contribution in [1.29, 1.82) is 0 Å². The molecule has 1 amide bonds. The SMILES string of the molecule is CC(C)CCOc1ccc(C(=O)NC(=S)Nc2cccc(F)c2)cc1Br. The Kier molecular flexibility index (Phi) is 7.53. The minimum absolute atomic E-state index is 0.0917. The number of amides is 1. The third kappa shape index (κ3) is 6.38. The van der Waals surface area contributed by atoms with Gasteiger partial charge in [-0.3, -0.25) is 10.1 Å². The van der Waals surface area contributed by atoms with Gasteiger partial charge in [-0.2, -0.15) is 0 Å². The smallest absolute Gasteiger partial charge is 0.257 e. The zero-order valence-corrected chi connectivity index (χ0v) is 16.9. The van der Waals surface area contributed by atoms with Crippen molar-refractivity contribution in [1.82, 2.24) is 5.32 Å². The highest BCUT2D eigenvalue weighted by Gasteiger charge is 2.11. The van der Waals surface area contributed by atoms with Crippen LogP contribution in [-0.2, 0) is 0 Å². The van der Waals surface area contributed by atoms with Gasteiger partial charge >= 0.3 is 0 Å². The summed E-state index contributed by atoms with van der Waals surface area (Å²) in [4.78, 5) is 12.3. The monoisotopic (exact) mass is 438 g/mol. The Morgan fingerprint density at radius 1 is 1.27 bits per heavy atom. The molecular formula is C19H20BrFN2O2S. The Bertz CT molecular complexity index is 799. The van der Waals surface area contributed by atoms with E-state index in [4.69, 9.17) is 17.0 Å². The number of anilines is 1. The van der Waals surface area contributed by atoms with Gasteiger partial charge in [-0.15, -0.1) is 0 Å². The standard InChI is InChI=1S/C19H20BrFN2O2S/c1-12(2)8-9-25-17-7-6-13(10-16(17)20)18(24)23-19(26)22-15-5-3-4-14(21)11-15/h3-7,10-12H,8-9H2,1-2H3,(H2,22,23,24,26). The molecule has 2 aromatic carbocycles. The van der Waals surface area contributed by atoms with E-state index in [1.807, 2.05) is 0 Å². The van der Waals surface area contributed by atoms with E-state index in [0.717, 1.165) is 6.42 Å². The molecule has 2 rings (SSSR count). The van der Waals surface area contributed by atoms with Crippen LogP contribution in [0.25, 0.3) is 0 Å². The Balaban J connectivity index is 1.94. The fourth-order valence-electron chi connectivity index (χ4n) is 2.07. The minimum atomic E-state index is -0.388. The molecule has 0 aliphatic heterocycles. The van der Waals surface area contributed by atoms with Crippen molar-refractivity contribution in [3.05, 3.63) is 58.3 Å². The third-order valence-electron chi connectivity index (χ3n) is 3.46. The number of carbonyl (C=O) groups is 1. The number of benzene rings is 2. The lowest BCUT2D eigenvalue weighted by atomic mass is 10.1. The molecule has 7 heteroatoms. The van der Waals surface area contributed by atoms with Gasteiger partial charge in [0.25, 0.3) is 5.91 Å². The normalized spacial score (nSPS) is 10.5. The van der Waals surface area contributed by atoms with Crippen LogP contribution in [0.3, 0.4) is 0 Å². The van der Waals surface area contributed by atoms with Gasteiger partial charge in [-0.25, -0.2) is 4.39 Å². The zero-order valence-electron chi connectivity index (χ0n) is 14.5. The number of hydrogen-bond acceptors (Lipinski definition) is 3. The molecule has 0 radical (unpaired) electrons. The second-order valence-electron chi connectivity index (χ2n) is 6.09. The first-order chi connectivity index (χ1) is 12.3. The van der Waals surface area contributed by atoms with Crippen LogP contribution in [0.15, 0.2) is 46.9 Å². The van der Waals surface area contributed by atoms with Crippen LogP contribution < -0.4 is 15.4 Å². The van der Waals surface area contributed by atoms with E-state index in [-0.39, 0.29) is 16.8 Å². The van der Waals surface area contributed by atoms with Crippen LogP contribution in [0, 0.1) is 11.7 Å². The molecule has 0 aliphatic rings. The Morgan fingerprint density at radius 2 is 2.04 bits per heavy atom. The summed E-state index contributed by atoms with van der Waals surface area (Å²) < 4.78 is 19.6. The molecule has 2 aromatic rings. The topological polar surface area (TPSA) is 50.4 Å². The Morgan fingerprint density at radius 3 is 2.69 bits per heavy atom. The lowest BCUT2D eigenvalue weighted by Gasteiger charge is -2.12. The molecule has 0 atom stereocenters. The molecule has 0 unspecified atom stereocenters. The molecule has 0 fully saturated rings. The molecule has 0 aromatic heterocycles. The molecule has 4 nitrogen and oxygen atoms in total. The summed E-state index contributed by atoms with van der Waals surface area (Å²) in [7, 11) is 0. The van der Waals surface area contributed by atoms with Crippen molar-refractivity contribution in [2.45, 2.75) is 20.3 Å². The maximum atomic E-state index is 13.2. The summed E-state index contributed by atoms with van der Waals surface area (Å²) in [6.45, 7) is 4.88. The van der Waals surface area contributed by atoms with Crippen molar-refractivity contribution in [3.8, 4) is 5.75 Å². The average Bonchev–Trinajstić information content (AvgIpc) is 2.55. The van der Waals surface area contributed by atoms with Gasteiger partial charge in [0.05, 0.1) is 11.1 Å². The average molecular weight is 439 g/mol. The van der Waals surface area contributed by atoms with Gasteiger partial charge in [0.15, 0.2) is 5.11 Å². The molecule has 0 heterocycles. The van der Waals surface area contributed by atoms with Crippen LogP contribution in [0.4, 0.5) is 10.1 Å². The van der Waals surface area contributed by atoms with Crippen LogP contribution in [0.5, 0.6) is 5.75 Å². The van der Waals surface area contributed by atoms with Crippen LogP contribution in [0.2, 0.25) is 0 Å². The molecule has 2 N–H and O–H groups in total. The second kappa shape index (κ2) is 9.64. The van der Waals surface area contributed by atoms with Crippen molar-refractivity contribution >= 4 is 44.9 Å². The van der Waals surface area contributed by atoms with Crippen molar-refractivity contribution in [3.63, 3.8) is 0 Å². The number of halogens is 2. The second-order valence-corrected chi connectivity index (χ2v) is 7.36. The van der Waals surface area contributed by atoms with E-state index < -0.39 is 0 Å². The summed E-state index contributed by atoms with van der Waals surface area (Å²) in [6, 6.07) is 10.9. The predicted octanol–water partition coefficient (Wildman–Crippen LogP) is 5.14. The van der Waals surface area contributed by atoms with E-state index in [0.29, 0.717) is 34.0 Å². The Labute approximate surface area is 166 Å². The Hall–Kier alpha value is -1.99. The summed E-state index contributed by atoms with van der Waals surface area (Å²) in [5.41, 5.74) is 0.891. The maximum absolute atomic E-state index is 13.2. The number of thiocarbonyl (C=S) groups is 1. The first kappa shape index (κ1) is 20.3. The van der Waals surface area contributed by atoms with E-state index in [1.54, 1.807) is 30.3 Å². The van der Waals surface area contributed by atoms with Crippen molar-refractivity contribution < 1.29 is 13.9 Å². The fourth-order valence-corrected chi connectivity index (χ4v) is 2.77. The van der Waals surface area contributed by atoms with Crippen molar-refractivity contribution in [2.75, 3.05) is 11.9 Å². The summed E-state index contributed by atoms with van der Waals surface area (Å²) in [6.07, 6.45) is 0.953. The molecule has 0 spiro atoms. The van der Waals surface area contributed by atoms with Gasteiger partial charge in [0, 0.05) is 11.3 Å². The van der Waals surface area contributed by atoms with E-state index >= 15 is 0 Å². The highest BCUT2D eigenvalue weighted by Crippen LogP contribution is 2.26. The summed E-state index contributed by atoms with van der Waals surface area (Å²) in [5.74, 6) is 0.488. The summed E-state index contributed by atoms with van der Waals surface area (Å²) in [5, 5.41) is 5.43. The molecule has 0 saturated carbocycles. The highest BCUT2D eigenvalue weighted by atomic mass is 79.9. The van der Waals surface area contributed by atoms with Gasteiger partial charge in [0.1, 0.15) is 11.6 Å². The van der Waals surface area contributed by atoms with Gasteiger partial charge in [-0.05, 0) is 76.9 Å². The van der Waals surface area contributed by atoms with Gasteiger partial charge < -0.3 is 10.1 Å².